The highest BCUT2D eigenvalue weighted by molar-refractivity contribution is 5.67. The lowest BCUT2D eigenvalue weighted by atomic mass is 10.00. The average Bonchev–Trinajstić information content (AvgIpc) is 2.82. The number of nitrogens with zero attached hydrogens (tertiary/aromatic N) is 2. The molecule has 0 aliphatic carbocycles. The van der Waals surface area contributed by atoms with Crippen molar-refractivity contribution in [2.24, 2.45) is 0 Å². The van der Waals surface area contributed by atoms with Crippen LogP contribution < -0.4 is 10.3 Å². The molecule has 0 unspecified atom stereocenters. The van der Waals surface area contributed by atoms with Crippen molar-refractivity contribution in [1.29, 1.82) is 5.26 Å². The number of nitriles is 1. The molecule has 0 bridgehead atoms. The average molecular weight is 474 g/mol. The van der Waals surface area contributed by atoms with Crippen molar-refractivity contribution >= 4 is 0 Å². The Hall–Kier alpha value is -4.31. The highest BCUT2D eigenvalue weighted by Gasteiger charge is 2.36. The van der Waals surface area contributed by atoms with Crippen molar-refractivity contribution in [3.63, 3.8) is 0 Å². The van der Waals surface area contributed by atoms with E-state index in [1.165, 1.54) is 10.6 Å². The fourth-order valence-corrected chi connectivity index (χ4v) is 3.91. The van der Waals surface area contributed by atoms with E-state index in [2.05, 4.69) is 0 Å². The van der Waals surface area contributed by atoms with E-state index in [4.69, 9.17) is 4.74 Å². The number of halogens is 3. The predicted molar refractivity (Wildman–Crippen MR) is 127 cm³/mol. The topological polar surface area (TPSA) is 55.0 Å². The first kappa shape index (κ1) is 23.8. The van der Waals surface area contributed by atoms with Gasteiger partial charge in [0.05, 0.1) is 17.8 Å². The number of aromatic nitrogens is 1. The maximum atomic E-state index is 13.8. The van der Waals surface area contributed by atoms with Crippen LogP contribution in [0.3, 0.4) is 0 Å². The summed E-state index contributed by atoms with van der Waals surface area (Å²) in [4.78, 5) is 13.1. The van der Waals surface area contributed by atoms with E-state index in [0.717, 1.165) is 17.2 Å². The zero-order valence-electron chi connectivity index (χ0n) is 19.1. The SMILES string of the molecule is Cc1ccccc1Oc1ccc(-c2cc(C(F)(F)F)c(C#N)c(=O)n2Cc2ccccc2)c(C)c1. The molecule has 0 N–H and O–H groups in total. The van der Waals surface area contributed by atoms with Crippen LogP contribution >= 0.6 is 0 Å². The summed E-state index contributed by atoms with van der Waals surface area (Å²) in [5, 5.41) is 9.39. The lowest BCUT2D eigenvalue weighted by Crippen LogP contribution is -2.28. The molecular weight excluding hydrogens is 453 g/mol. The lowest BCUT2D eigenvalue weighted by Gasteiger charge is -2.19. The van der Waals surface area contributed by atoms with Gasteiger partial charge in [0.1, 0.15) is 23.1 Å². The van der Waals surface area contributed by atoms with Crippen LogP contribution in [-0.2, 0) is 12.7 Å². The highest BCUT2D eigenvalue weighted by atomic mass is 19.4. The molecule has 0 atom stereocenters. The molecule has 4 nitrogen and oxygen atoms in total. The van der Waals surface area contributed by atoms with Gasteiger partial charge in [-0.25, -0.2) is 0 Å². The molecule has 3 aromatic carbocycles. The van der Waals surface area contributed by atoms with Gasteiger partial charge in [-0.15, -0.1) is 0 Å². The second-order valence-corrected chi connectivity index (χ2v) is 8.15. The quantitative estimate of drug-likeness (QED) is 0.317. The van der Waals surface area contributed by atoms with Crippen LogP contribution in [0.4, 0.5) is 13.2 Å². The maximum Gasteiger partial charge on any atom is 0.417 e. The van der Waals surface area contributed by atoms with Gasteiger partial charge in [0.2, 0.25) is 0 Å². The summed E-state index contributed by atoms with van der Waals surface area (Å²) in [6.45, 7) is 3.67. The first-order valence-corrected chi connectivity index (χ1v) is 10.8. The number of aryl methyl sites for hydroxylation is 2. The van der Waals surface area contributed by atoms with Gasteiger partial charge >= 0.3 is 6.18 Å². The fraction of sp³-hybridized carbons (Fsp3) is 0.143. The van der Waals surface area contributed by atoms with Gasteiger partial charge < -0.3 is 9.30 Å². The van der Waals surface area contributed by atoms with E-state index >= 15 is 0 Å². The zero-order valence-corrected chi connectivity index (χ0v) is 19.1. The molecule has 7 heteroatoms. The van der Waals surface area contributed by atoms with E-state index in [9.17, 15) is 23.2 Å². The summed E-state index contributed by atoms with van der Waals surface area (Å²) in [7, 11) is 0. The Morgan fingerprint density at radius 1 is 0.914 bits per heavy atom. The van der Waals surface area contributed by atoms with Crippen molar-refractivity contribution in [3.05, 3.63) is 117 Å². The van der Waals surface area contributed by atoms with Crippen molar-refractivity contribution in [3.8, 4) is 28.8 Å². The lowest BCUT2D eigenvalue weighted by molar-refractivity contribution is -0.137. The summed E-state index contributed by atoms with van der Waals surface area (Å²) >= 11 is 0. The largest absolute Gasteiger partial charge is 0.457 e. The molecule has 0 amide bonds. The summed E-state index contributed by atoms with van der Waals surface area (Å²) in [6.07, 6.45) is -4.85. The molecule has 176 valence electrons. The third-order valence-electron chi connectivity index (χ3n) is 5.70. The molecule has 4 rings (SSSR count). The standard InChI is InChI=1S/C28H21F3N2O2/c1-18-8-6-7-11-26(18)35-21-12-13-22(19(2)14-21)25-15-24(28(29,30)31)23(16-32)27(34)33(25)17-20-9-4-3-5-10-20/h3-15H,17H2,1-2H3. The van der Waals surface area contributed by atoms with Gasteiger partial charge in [0.25, 0.3) is 5.56 Å². The third kappa shape index (κ3) is 4.97. The van der Waals surface area contributed by atoms with Gasteiger partial charge in [-0.3, -0.25) is 4.79 Å². The zero-order chi connectivity index (χ0) is 25.2. The molecule has 0 aliphatic heterocycles. The van der Waals surface area contributed by atoms with E-state index in [1.807, 2.05) is 31.2 Å². The van der Waals surface area contributed by atoms with E-state index in [0.29, 0.717) is 22.6 Å². The molecule has 0 aliphatic rings. The van der Waals surface area contributed by atoms with Gasteiger partial charge in [0.15, 0.2) is 0 Å². The second-order valence-electron chi connectivity index (χ2n) is 8.15. The number of pyridine rings is 1. The van der Waals surface area contributed by atoms with Crippen LogP contribution in [0.25, 0.3) is 11.3 Å². The fourth-order valence-electron chi connectivity index (χ4n) is 3.91. The van der Waals surface area contributed by atoms with E-state index < -0.39 is 22.9 Å². The van der Waals surface area contributed by atoms with Crippen molar-refractivity contribution in [1.82, 2.24) is 4.57 Å². The summed E-state index contributed by atoms with van der Waals surface area (Å²) < 4.78 is 48.6. The number of hydrogen-bond acceptors (Lipinski definition) is 3. The van der Waals surface area contributed by atoms with Gasteiger partial charge in [0, 0.05) is 5.56 Å². The van der Waals surface area contributed by atoms with Crippen LogP contribution in [0, 0.1) is 25.2 Å². The number of hydrogen-bond donors (Lipinski definition) is 0. The van der Waals surface area contributed by atoms with E-state index in [1.54, 1.807) is 55.5 Å². The summed E-state index contributed by atoms with van der Waals surface area (Å²) in [5.41, 5.74) is -0.367. The minimum absolute atomic E-state index is 0.0166. The maximum absolute atomic E-state index is 13.8. The first-order chi connectivity index (χ1) is 16.7. The van der Waals surface area contributed by atoms with Crippen LogP contribution in [0.1, 0.15) is 27.8 Å². The molecule has 0 radical (unpaired) electrons. The minimum Gasteiger partial charge on any atom is -0.457 e. The monoisotopic (exact) mass is 474 g/mol. The molecule has 35 heavy (non-hydrogen) atoms. The summed E-state index contributed by atoms with van der Waals surface area (Å²) in [5.74, 6) is 1.18. The Kier molecular flexibility index (Phi) is 6.48. The van der Waals surface area contributed by atoms with E-state index in [-0.39, 0.29) is 12.2 Å². The van der Waals surface area contributed by atoms with Gasteiger partial charge in [-0.05, 0) is 60.9 Å². The van der Waals surface area contributed by atoms with Gasteiger partial charge in [-0.2, -0.15) is 18.4 Å². The molecule has 0 fully saturated rings. The Morgan fingerprint density at radius 3 is 2.23 bits per heavy atom. The number of ether oxygens (including phenoxy) is 1. The minimum atomic E-state index is -4.85. The summed E-state index contributed by atoms with van der Waals surface area (Å²) in [6, 6.07) is 23.7. The molecule has 0 saturated carbocycles. The second kappa shape index (κ2) is 9.51. The molecule has 1 aromatic heterocycles. The van der Waals surface area contributed by atoms with Crippen molar-refractivity contribution in [2.45, 2.75) is 26.6 Å². The molecule has 4 aromatic rings. The number of alkyl halides is 3. The van der Waals surface area contributed by atoms with Gasteiger partial charge in [-0.1, -0.05) is 48.5 Å². The number of benzene rings is 3. The highest BCUT2D eigenvalue weighted by Crippen LogP contribution is 2.36. The molecular formula is C28H21F3N2O2. The molecule has 1 heterocycles. The Balaban J connectivity index is 1.87. The Bertz CT molecular complexity index is 1480. The Labute approximate surface area is 200 Å². The molecule has 0 saturated heterocycles. The van der Waals surface area contributed by atoms with Crippen LogP contribution in [0.15, 0.2) is 83.7 Å². The molecule has 0 spiro atoms. The number of rotatable bonds is 5. The smallest absolute Gasteiger partial charge is 0.417 e. The number of para-hydroxylation sites is 1. The first-order valence-electron chi connectivity index (χ1n) is 10.8. The van der Waals surface area contributed by atoms with Crippen molar-refractivity contribution < 1.29 is 17.9 Å². The van der Waals surface area contributed by atoms with Crippen LogP contribution in [-0.4, -0.2) is 4.57 Å². The third-order valence-corrected chi connectivity index (χ3v) is 5.70. The van der Waals surface area contributed by atoms with Crippen LogP contribution in [0.2, 0.25) is 0 Å². The Morgan fingerprint density at radius 2 is 1.60 bits per heavy atom. The normalized spacial score (nSPS) is 11.2. The van der Waals surface area contributed by atoms with Crippen molar-refractivity contribution in [2.75, 3.05) is 0 Å². The predicted octanol–water partition coefficient (Wildman–Crippen LogP) is 6.86. The van der Waals surface area contributed by atoms with Crippen LogP contribution in [0.5, 0.6) is 11.5 Å².